The highest BCUT2D eigenvalue weighted by molar-refractivity contribution is 4.90. The highest BCUT2D eigenvalue weighted by atomic mass is 16.7. The van der Waals surface area contributed by atoms with Crippen molar-refractivity contribution in [2.24, 2.45) is 0 Å². The van der Waals surface area contributed by atoms with Crippen LogP contribution in [0, 0.1) is 0 Å². The summed E-state index contributed by atoms with van der Waals surface area (Å²) in [6.45, 7) is -0.330. The average molecular weight is 208 g/mol. The zero-order chi connectivity index (χ0) is 10.7. The van der Waals surface area contributed by atoms with E-state index in [1.807, 2.05) is 0 Å². The maximum Gasteiger partial charge on any atom is 0.184 e. The summed E-state index contributed by atoms with van der Waals surface area (Å²) in [4.78, 5) is 0. The van der Waals surface area contributed by atoms with Gasteiger partial charge in [-0.2, -0.15) is 0 Å². The fourth-order valence-electron chi connectivity index (χ4n) is 1.60. The molecule has 0 spiro atoms. The Balaban J connectivity index is 2.72. The van der Waals surface area contributed by atoms with Crippen molar-refractivity contribution >= 4 is 0 Å². The third-order valence-corrected chi connectivity index (χ3v) is 2.36. The Morgan fingerprint density at radius 3 is 2.14 bits per heavy atom. The molecule has 3 N–H and O–H groups in total. The second-order valence-electron chi connectivity index (χ2n) is 3.14. The smallest absolute Gasteiger partial charge is 0.184 e. The van der Waals surface area contributed by atoms with Gasteiger partial charge in [0.25, 0.3) is 0 Å². The lowest BCUT2D eigenvalue weighted by Crippen LogP contribution is -2.59. The molecule has 1 aliphatic heterocycles. The van der Waals surface area contributed by atoms with E-state index < -0.39 is 30.7 Å². The van der Waals surface area contributed by atoms with Crippen LogP contribution in [0.1, 0.15) is 0 Å². The predicted octanol–water partition coefficient (Wildman–Crippen LogP) is -1.91. The Morgan fingerprint density at radius 2 is 1.71 bits per heavy atom. The molecule has 0 aromatic heterocycles. The van der Waals surface area contributed by atoms with Gasteiger partial charge in [-0.15, -0.1) is 0 Å². The van der Waals surface area contributed by atoms with E-state index >= 15 is 0 Å². The lowest BCUT2D eigenvalue weighted by molar-refractivity contribution is -0.295. The normalized spacial score (nSPS) is 43.9. The standard InChI is InChI=1S/C8H16O6/c1-12-6-4(3-9)14-8(11)7(13-2)5(6)10/h4-11H,3H2,1-2H3/t4?,5?,6-,7+,8-/m1/s1. The van der Waals surface area contributed by atoms with Crippen LogP contribution in [0.3, 0.4) is 0 Å². The second-order valence-corrected chi connectivity index (χ2v) is 3.14. The first kappa shape index (κ1) is 11.8. The van der Waals surface area contributed by atoms with Gasteiger partial charge in [-0.1, -0.05) is 0 Å². The second kappa shape index (κ2) is 5.01. The van der Waals surface area contributed by atoms with E-state index in [-0.39, 0.29) is 6.61 Å². The monoisotopic (exact) mass is 208 g/mol. The summed E-state index contributed by atoms with van der Waals surface area (Å²) in [6.07, 6.45) is -4.57. The first-order valence-electron chi connectivity index (χ1n) is 4.33. The summed E-state index contributed by atoms with van der Waals surface area (Å²) in [5.74, 6) is 0. The molecule has 0 aliphatic carbocycles. The van der Waals surface area contributed by atoms with Crippen LogP contribution in [0.4, 0.5) is 0 Å². The molecule has 1 saturated heterocycles. The van der Waals surface area contributed by atoms with Crippen LogP contribution < -0.4 is 0 Å². The Hall–Kier alpha value is -0.240. The molecule has 14 heavy (non-hydrogen) atoms. The van der Waals surface area contributed by atoms with Gasteiger partial charge < -0.3 is 29.5 Å². The fraction of sp³-hybridized carbons (Fsp3) is 1.00. The molecule has 0 aromatic rings. The average Bonchev–Trinajstić information content (AvgIpc) is 2.17. The van der Waals surface area contributed by atoms with E-state index in [9.17, 15) is 10.2 Å². The van der Waals surface area contributed by atoms with Crippen LogP contribution >= 0.6 is 0 Å². The highest BCUT2D eigenvalue weighted by Gasteiger charge is 2.44. The van der Waals surface area contributed by atoms with Crippen molar-refractivity contribution in [3.63, 3.8) is 0 Å². The zero-order valence-corrected chi connectivity index (χ0v) is 8.16. The Labute approximate surface area is 82.0 Å². The van der Waals surface area contributed by atoms with E-state index in [1.54, 1.807) is 0 Å². The number of aliphatic hydroxyl groups is 3. The molecule has 6 nitrogen and oxygen atoms in total. The van der Waals surface area contributed by atoms with Crippen LogP contribution in [0.5, 0.6) is 0 Å². The van der Waals surface area contributed by atoms with E-state index in [4.69, 9.17) is 19.3 Å². The van der Waals surface area contributed by atoms with Gasteiger partial charge in [-0.25, -0.2) is 0 Å². The summed E-state index contributed by atoms with van der Waals surface area (Å²) in [5.41, 5.74) is 0. The van der Waals surface area contributed by atoms with Crippen molar-refractivity contribution in [1.29, 1.82) is 0 Å². The molecule has 2 unspecified atom stereocenters. The minimum atomic E-state index is -1.25. The van der Waals surface area contributed by atoms with Gasteiger partial charge >= 0.3 is 0 Å². The molecule has 1 heterocycles. The summed E-state index contributed by atoms with van der Waals surface area (Å²) in [7, 11) is 2.75. The van der Waals surface area contributed by atoms with Crippen molar-refractivity contribution in [3.8, 4) is 0 Å². The van der Waals surface area contributed by atoms with Crippen LogP contribution in [0.2, 0.25) is 0 Å². The molecule has 1 rings (SSSR count). The highest BCUT2D eigenvalue weighted by Crippen LogP contribution is 2.23. The maximum absolute atomic E-state index is 9.70. The number of rotatable bonds is 3. The van der Waals surface area contributed by atoms with Crippen LogP contribution in [0.25, 0.3) is 0 Å². The fourth-order valence-corrected chi connectivity index (χ4v) is 1.60. The van der Waals surface area contributed by atoms with Crippen molar-refractivity contribution in [2.45, 2.75) is 30.7 Å². The number of hydrogen-bond donors (Lipinski definition) is 3. The number of ether oxygens (including phenoxy) is 3. The molecule has 0 aromatic carbocycles. The molecular weight excluding hydrogens is 192 g/mol. The summed E-state index contributed by atoms with van der Waals surface area (Å²) in [6, 6.07) is 0. The van der Waals surface area contributed by atoms with Gasteiger partial charge in [0.05, 0.1) is 6.61 Å². The van der Waals surface area contributed by atoms with Crippen LogP contribution in [-0.4, -0.2) is 66.9 Å². The van der Waals surface area contributed by atoms with Gasteiger partial charge in [0, 0.05) is 14.2 Å². The first-order chi connectivity index (χ1) is 6.65. The van der Waals surface area contributed by atoms with Crippen molar-refractivity contribution in [1.82, 2.24) is 0 Å². The van der Waals surface area contributed by atoms with Crippen LogP contribution in [0.15, 0.2) is 0 Å². The third kappa shape index (κ3) is 2.05. The number of hydrogen-bond acceptors (Lipinski definition) is 6. The van der Waals surface area contributed by atoms with Gasteiger partial charge in [0.2, 0.25) is 0 Å². The quantitative estimate of drug-likeness (QED) is 0.501. The minimum absolute atomic E-state index is 0.330. The SMILES string of the molecule is CO[C@@H]1C(CO)O[C@@H](O)[C@@H](OC)C1O. The summed E-state index contributed by atoms with van der Waals surface area (Å²) >= 11 is 0. The molecule has 5 atom stereocenters. The molecule has 0 saturated carbocycles. The van der Waals surface area contributed by atoms with Crippen molar-refractivity contribution in [3.05, 3.63) is 0 Å². The molecule has 0 bridgehead atoms. The van der Waals surface area contributed by atoms with Crippen LogP contribution in [-0.2, 0) is 14.2 Å². The van der Waals surface area contributed by atoms with Gasteiger partial charge in [0.15, 0.2) is 6.29 Å². The van der Waals surface area contributed by atoms with Gasteiger partial charge in [-0.05, 0) is 0 Å². The molecular formula is C8H16O6. The minimum Gasteiger partial charge on any atom is -0.394 e. The molecule has 1 aliphatic rings. The van der Waals surface area contributed by atoms with E-state index in [1.165, 1.54) is 14.2 Å². The lowest BCUT2D eigenvalue weighted by atomic mass is 9.99. The molecule has 84 valence electrons. The lowest BCUT2D eigenvalue weighted by Gasteiger charge is -2.40. The summed E-state index contributed by atoms with van der Waals surface area (Å²) in [5, 5.41) is 28.0. The summed E-state index contributed by atoms with van der Waals surface area (Å²) < 4.78 is 14.8. The van der Waals surface area contributed by atoms with E-state index in [0.717, 1.165) is 0 Å². The number of methoxy groups -OCH3 is 2. The van der Waals surface area contributed by atoms with Crippen molar-refractivity contribution in [2.75, 3.05) is 20.8 Å². The van der Waals surface area contributed by atoms with Gasteiger partial charge in [0.1, 0.15) is 24.4 Å². The molecule has 6 heteroatoms. The molecule has 0 amide bonds. The Morgan fingerprint density at radius 1 is 1.14 bits per heavy atom. The van der Waals surface area contributed by atoms with E-state index in [0.29, 0.717) is 0 Å². The Kier molecular flexibility index (Phi) is 4.24. The number of aliphatic hydroxyl groups excluding tert-OH is 3. The van der Waals surface area contributed by atoms with E-state index in [2.05, 4.69) is 0 Å². The topological polar surface area (TPSA) is 88.4 Å². The van der Waals surface area contributed by atoms with Gasteiger partial charge in [-0.3, -0.25) is 0 Å². The third-order valence-electron chi connectivity index (χ3n) is 2.36. The predicted molar refractivity (Wildman–Crippen MR) is 45.6 cm³/mol. The zero-order valence-electron chi connectivity index (χ0n) is 8.16. The van der Waals surface area contributed by atoms with Crippen molar-refractivity contribution < 1.29 is 29.5 Å². The first-order valence-corrected chi connectivity index (χ1v) is 4.33. The Bertz CT molecular complexity index is 175. The molecule has 1 fully saturated rings. The molecule has 0 radical (unpaired) electrons. The maximum atomic E-state index is 9.70. The largest absolute Gasteiger partial charge is 0.394 e.